The largest absolute Gasteiger partial charge is 0.481 e. The number of benzene rings is 1. The summed E-state index contributed by atoms with van der Waals surface area (Å²) in [5, 5.41) is 13.4. The van der Waals surface area contributed by atoms with E-state index in [1.165, 1.54) is 0 Å². The normalized spacial score (nSPS) is 13.5. The number of alkyl carbamates (subject to hydrolysis) is 1. The Balaban J connectivity index is 2.31. The zero-order chi connectivity index (χ0) is 20.2. The van der Waals surface area contributed by atoms with Crippen LogP contribution in [0.4, 0.5) is 4.79 Å². The first-order chi connectivity index (χ1) is 12.6. The second kappa shape index (κ2) is 7.83. The van der Waals surface area contributed by atoms with Gasteiger partial charge >= 0.3 is 6.09 Å². The van der Waals surface area contributed by atoms with Gasteiger partial charge in [0.2, 0.25) is 5.88 Å². The number of fused-ring (bicyclic) bond motifs is 1. The summed E-state index contributed by atoms with van der Waals surface area (Å²) in [6.45, 7) is 9.35. The number of methoxy groups -OCH3 is 1. The molecule has 0 aliphatic heterocycles. The molecule has 0 aliphatic carbocycles. The van der Waals surface area contributed by atoms with Gasteiger partial charge in [0.1, 0.15) is 5.60 Å². The number of nitrogens with zero attached hydrogens (tertiary/aromatic N) is 2. The molecule has 0 bridgehead atoms. The third-order valence-corrected chi connectivity index (χ3v) is 4.30. The number of carbonyl (C=O) groups excluding carboxylic acids is 1. The molecule has 6 nitrogen and oxygen atoms in total. The van der Waals surface area contributed by atoms with Crippen LogP contribution in [0, 0.1) is 11.3 Å². The molecule has 0 aliphatic rings. The van der Waals surface area contributed by atoms with Crippen LogP contribution in [-0.2, 0) is 16.6 Å². The Bertz CT molecular complexity index is 881. The molecule has 0 spiro atoms. The van der Waals surface area contributed by atoms with E-state index < -0.39 is 17.1 Å². The first-order valence-electron chi connectivity index (χ1n) is 8.98. The van der Waals surface area contributed by atoms with Crippen molar-refractivity contribution in [1.29, 1.82) is 5.26 Å². The van der Waals surface area contributed by atoms with Gasteiger partial charge in [0.25, 0.3) is 0 Å². The van der Waals surface area contributed by atoms with Crippen molar-refractivity contribution in [2.75, 3.05) is 13.7 Å². The summed E-state index contributed by atoms with van der Waals surface area (Å²) in [5.74, 6) is 0.590. The van der Waals surface area contributed by atoms with E-state index in [0.29, 0.717) is 5.88 Å². The summed E-state index contributed by atoms with van der Waals surface area (Å²) in [6, 6.07) is 10.1. The van der Waals surface area contributed by atoms with Crippen LogP contribution >= 0.6 is 0 Å². The van der Waals surface area contributed by atoms with Crippen LogP contribution in [0.3, 0.4) is 0 Å². The van der Waals surface area contributed by atoms with Crippen LogP contribution in [0.2, 0.25) is 0 Å². The van der Waals surface area contributed by atoms with Crippen molar-refractivity contribution in [2.45, 2.75) is 52.1 Å². The van der Waals surface area contributed by atoms with Crippen LogP contribution in [0.25, 0.3) is 10.9 Å². The lowest BCUT2D eigenvalue weighted by atomic mass is 9.83. The Hall–Kier alpha value is -2.81. The van der Waals surface area contributed by atoms with Crippen molar-refractivity contribution < 1.29 is 14.3 Å². The van der Waals surface area contributed by atoms with E-state index in [2.05, 4.69) is 23.3 Å². The van der Waals surface area contributed by atoms with Crippen molar-refractivity contribution in [1.82, 2.24) is 10.3 Å². The van der Waals surface area contributed by atoms with Crippen molar-refractivity contribution in [2.24, 2.45) is 0 Å². The van der Waals surface area contributed by atoms with Crippen LogP contribution in [0.1, 0.15) is 45.7 Å². The first-order valence-corrected chi connectivity index (χ1v) is 8.98. The summed E-state index contributed by atoms with van der Waals surface area (Å²) in [4.78, 5) is 16.5. The predicted octanol–water partition coefficient (Wildman–Crippen LogP) is 4.11. The lowest BCUT2D eigenvalue weighted by molar-refractivity contribution is 0.0520. The molecule has 2 aromatic rings. The maximum absolute atomic E-state index is 11.9. The quantitative estimate of drug-likeness (QED) is 0.857. The minimum absolute atomic E-state index is 0.133. The first kappa shape index (κ1) is 20.5. The van der Waals surface area contributed by atoms with E-state index in [0.717, 1.165) is 28.5 Å². The lowest BCUT2D eigenvalue weighted by Gasteiger charge is -2.25. The van der Waals surface area contributed by atoms with Crippen LogP contribution in [0.5, 0.6) is 5.88 Å². The third-order valence-electron chi connectivity index (χ3n) is 4.30. The van der Waals surface area contributed by atoms with Gasteiger partial charge in [-0.1, -0.05) is 19.1 Å². The van der Waals surface area contributed by atoms with E-state index in [9.17, 15) is 10.1 Å². The molecule has 6 heteroatoms. The second-order valence-electron chi connectivity index (χ2n) is 7.72. The van der Waals surface area contributed by atoms with Crippen molar-refractivity contribution in [3.63, 3.8) is 0 Å². The average molecular weight is 369 g/mol. The minimum atomic E-state index is -0.913. The Morgan fingerprint density at radius 3 is 2.52 bits per heavy atom. The summed E-state index contributed by atoms with van der Waals surface area (Å²) in [7, 11) is 1.60. The lowest BCUT2D eigenvalue weighted by Crippen LogP contribution is -2.40. The summed E-state index contributed by atoms with van der Waals surface area (Å²) in [5.41, 5.74) is 1.05. The van der Waals surface area contributed by atoms with E-state index >= 15 is 0 Å². The van der Waals surface area contributed by atoms with Gasteiger partial charge in [-0.3, -0.25) is 0 Å². The highest BCUT2D eigenvalue weighted by atomic mass is 16.6. The highest BCUT2D eigenvalue weighted by molar-refractivity contribution is 5.81. The molecule has 1 aromatic heterocycles. The maximum Gasteiger partial charge on any atom is 0.407 e. The number of ether oxygens (including phenoxy) is 2. The smallest absolute Gasteiger partial charge is 0.407 e. The molecule has 1 atom stereocenters. The van der Waals surface area contributed by atoms with Crippen LogP contribution in [0.15, 0.2) is 24.3 Å². The Morgan fingerprint density at radius 2 is 1.96 bits per heavy atom. The molecule has 0 radical (unpaired) electrons. The predicted molar refractivity (Wildman–Crippen MR) is 105 cm³/mol. The molecule has 1 heterocycles. The zero-order valence-corrected chi connectivity index (χ0v) is 16.8. The molecule has 0 saturated carbocycles. The molecule has 0 saturated heterocycles. The summed E-state index contributed by atoms with van der Waals surface area (Å²) in [6.07, 6.45) is 0.279. The van der Waals surface area contributed by atoms with Crippen LogP contribution in [-0.4, -0.2) is 30.3 Å². The second-order valence-corrected chi connectivity index (χ2v) is 7.72. The molecular weight excluding hydrogens is 342 g/mol. The molecule has 144 valence electrons. The number of nitrogens with one attached hydrogen (secondary N) is 1. The van der Waals surface area contributed by atoms with Gasteiger partial charge in [0.05, 0.1) is 24.1 Å². The van der Waals surface area contributed by atoms with Crippen molar-refractivity contribution in [3.8, 4) is 11.9 Å². The number of aryl methyl sites for hydroxylation is 1. The van der Waals surface area contributed by atoms with E-state index in [4.69, 9.17) is 9.47 Å². The average Bonchev–Trinajstić information content (AvgIpc) is 2.63. The number of hydrogen-bond acceptors (Lipinski definition) is 5. The molecule has 0 fully saturated rings. The SMILES string of the molecule is CCc1cc2ccc(C(C)(C#N)CNC(=O)OC(C)(C)C)cc2nc1OC. The number of hydrogen-bond donors (Lipinski definition) is 1. The molecule has 1 N–H and O–H groups in total. The number of rotatable bonds is 5. The van der Waals surface area contributed by atoms with Crippen molar-refractivity contribution in [3.05, 3.63) is 35.4 Å². The fourth-order valence-electron chi connectivity index (χ4n) is 2.74. The molecule has 1 aromatic carbocycles. The molecule has 2 rings (SSSR count). The molecule has 1 amide bonds. The van der Waals surface area contributed by atoms with Gasteiger partial charge in [-0.05, 0) is 51.8 Å². The van der Waals surface area contributed by atoms with E-state index in [1.807, 2.05) is 24.3 Å². The maximum atomic E-state index is 11.9. The van der Waals surface area contributed by atoms with Gasteiger partial charge in [0, 0.05) is 17.5 Å². The fraction of sp³-hybridized carbons (Fsp3) is 0.476. The monoisotopic (exact) mass is 369 g/mol. The van der Waals surface area contributed by atoms with Crippen LogP contribution < -0.4 is 10.1 Å². The number of carbonyl (C=O) groups is 1. The number of nitriles is 1. The van der Waals surface area contributed by atoms with E-state index in [-0.39, 0.29) is 6.54 Å². The molecule has 27 heavy (non-hydrogen) atoms. The van der Waals surface area contributed by atoms with Gasteiger partial charge < -0.3 is 14.8 Å². The van der Waals surface area contributed by atoms with Crippen molar-refractivity contribution >= 4 is 17.0 Å². The summed E-state index contributed by atoms with van der Waals surface area (Å²) >= 11 is 0. The highest BCUT2D eigenvalue weighted by Crippen LogP contribution is 2.28. The summed E-state index contributed by atoms with van der Waals surface area (Å²) < 4.78 is 10.6. The topological polar surface area (TPSA) is 84.2 Å². The Kier molecular flexibility index (Phi) is 5.94. The number of pyridine rings is 1. The standard InChI is InChI=1S/C21H27N3O3/c1-7-14-10-15-8-9-16(11-17(15)24-18(14)26-6)21(5,12-22)13-23-19(25)27-20(2,3)4/h8-11H,7,13H2,1-6H3,(H,23,25). The molecular formula is C21H27N3O3. The van der Waals surface area contributed by atoms with Gasteiger partial charge in [0.15, 0.2) is 0 Å². The number of amides is 1. The van der Waals surface area contributed by atoms with Gasteiger partial charge in [-0.15, -0.1) is 0 Å². The van der Waals surface area contributed by atoms with Gasteiger partial charge in [-0.25, -0.2) is 9.78 Å². The Labute approximate surface area is 160 Å². The fourth-order valence-corrected chi connectivity index (χ4v) is 2.74. The number of aromatic nitrogens is 1. The molecule has 1 unspecified atom stereocenters. The zero-order valence-electron chi connectivity index (χ0n) is 16.8. The van der Waals surface area contributed by atoms with Gasteiger partial charge in [-0.2, -0.15) is 5.26 Å². The minimum Gasteiger partial charge on any atom is -0.481 e. The Morgan fingerprint density at radius 1 is 1.26 bits per heavy atom. The highest BCUT2D eigenvalue weighted by Gasteiger charge is 2.29. The van der Waals surface area contributed by atoms with E-state index in [1.54, 1.807) is 34.8 Å². The third kappa shape index (κ3) is 4.88.